The molecule has 41 heavy (non-hydrogen) atoms. The van der Waals surface area contributed by atoms with Crippen LogP contribution in [-0.2, 0) is 0 Å². The van der Waals surface area contributed by atoms with Gasteiger partial charge in [0.15, 0.2) is 17.5 Å². The van der Waals surface area contributed by atoms with Crippen molar-refractivity contribution < 1.29 is 4.42 Å². The standard InChI is InChI=1S/C37H23N3O/c1-3-11-24(12-4-1)26-17-9-18-29(21-26)36-38-35(25-13-5-2-6-14-25)39-37(40-36)31-20-10-19-30-32-22-27-15-7-8-16-28(27)23-33(32)41-34(30)31/h1-23H. The summed E-state index contributed by atoms with van der Waals surface area (Å²) in [7, 11) is 0. The van der Waals surface area contributed by atoms with Gasteiger partial charge < -0.3 is 4.42 Å². The van der Waals surface area contributed by atoms with Crippen LogP contribution in [0.15, 0.2) is 144 Å². The van der Waals surface area contributed by atoms with Crippen LogP contribution in [-0.4, -0.2) is 15.0 Å². The van der Waals surface area contributed by atoms with Gasteiger partial charge in [0.05, 0.1) is 5.56 Å². The summed E-state index contributed by atoms with van der Waals surface area (Å²) in [5.41, 5.74) is 6.56. The van der Waals surface area contributed by atoms with Crippen LogP contribution in [0.4, 0.5) is 0 Å². The molecule has 8 aromatic rings. The van der Waals surface area contributed by atoms with Gasteiger partial charge in [0.2, 0.25) is 0 Å². The summed E-state index contributed by atoms with van der Waals surface area (Å²) in [4.78, 5) is 14.9. The van der Waals surface area contributed by atoms with Crippen LogP contribution in [0.3, 0.4) is 0 Å². The van der Waals surface area contributed by atoms with Crippen LogP contribution in [0.1, 0.15) is 0 Å². The SMILES string of the molecule is c1ccc(-c2cccc(-c3nc(-c4ccccc4)nc(-c4cccc5c4oc4cc6ccccc6cc45)n3)c2)cc1. The zero-order valence-corrected chi connectivity index (χ0v) is 22.0. The molecule has 0 aliphatic rings. The molecule has 0 unspecified atom stereocenters. The van der Waals surface area contributed by atoms with Crippen molar-refractivity contribution in [2.75, 3.05) is 0 Å². The fourth-order valence-corrected chi connectivity index (χ4v) is 5.47. The fraction of sp³-hybridized carbons (Fsp3) is 0. The van der Waals surface area contributed by atoms with E-state index in [1.165, 1.54) is 5.39 Å². The van der Waals surface area contributed by atoms with Crippen molar-refractivity contribution in [3.8, 4) is 45.3 Å². The number of furan rings is 1. The van der Waals surface area contributed by atoms with Gasteiger partial charge in [-0.2, -0.15) is 0 Å². The number of nitrogens with zero attached hydrogens (tertiary/aromatic N) is 3. The topological polar surface area (TPSA) is 51.8 Å². The first kappa shape index (κ1) is 23.3. The maximum Gasteiger partial charge on any atom is 0.167 e. The Morgan fingerprint density at radius 3 is 1.76 bits per heavy atom. The van der Waals surface area contributed by atoms with Gasteiger partial charge in [0.25, 0.3) is 0 Å². The van der Waals surface area contributed by atoms with Crippen molar-refractivity contribution in [2.24, 2.45) is 0 Å². The number of hydrogen-bond donors (Lipinski definition) is 0. The molecule has 2 heterocycles. The van der Waals surface area contributed by atoms with Gasteiger partial charge in [-0.1, -0.05) is 115 Å². The number of aromatic nitrogens is 3. The van der Waals surface area contributed by atoms with Gasteiger partial charge in [-0.25, -0.2) is 15.0 Å². The van der Waals surface area contributed by atoms with Crippen molar-refractivity contribution in [3.05, 3.63) is 140 Å². The second-order valence-corrected chi connectivity index (χ2v) is 10.1. The summed E-state index contributed by atoms with van der Waals surface area (Å²) in [6.07, 6.45) is 0. The van der Waals surface area contributed by atoms with E-state index in [9.17, 15) is 0 Å². The first-order valence-corrected chi connectivity index (χ1v) is 13.6. The van der Waals surface area contributed by atoms with Crippen molar-refractivity contribution in [1.29, 1.82) is 0 Å². The summed E-state index contributed by atoms with van der Waals surface area (Å²) < 4.78 is 6.51. The molecule has 192 valence electrons. The smallest absolute Gasteiger partial charge is 0.167 e. The molecular weight excluding hydrogens is 502 g/mol. The summed E-state index contributed by atoms with van der Waals surface area (Å²) in [5, 5.41) is 4.44. The average molecular weight is 526 g/mol. The Labute approximate surface area is 236 Å². The van der Waals surface area contributed by atoms with Gasteiger partial charge >= 0.3 is 0 Å². The third-order valence-corrected chi connectivity index (χ3v) is 7.50. The molecule has 4 heteroatoms. The van der Waals surface area contributed by atoms with E-state index in [0.717, 1.165) is 55.1 Å². The van der Waals surface area contributed by atoms with Gasteiger partial charge in [-0.3, -0.25) is 0 Å². The average Bonchev–Trinajstić information content (AvgIpc) is 3.42. The molecule has 0 N–H and O–H groups in total. The second kappa shape index (κ2) is 9.54. The highest BCUT2D eigenvalue weighted by Gasteiger charge is 2.18. The Morgan fingerprint density at radius 1 is 0.390 bits per heavy atom. The van der Waals surface area contributed by atoms with Gasteiger partial charge in [-0.05, 0) is 46.2 Å². The Balaban J connectivity index is 1.35. The Bertz CT molecular complexity index is 2200. The van der Waals surface area contributed by atoms with Crippen LogP contribution in [0.2, 0.25) is 0 Å². The van der Waals surface area contributed by atoms with E-state index in [-0.39, 0.29) is 0 Å². The molecule has 0 saturated carbocycles. The highest BCUT2D eigenvalue weighted by Crippen LogP contribution is 2.37. The number of benzene rings is 6. The van der Waals surface area contributed by atoms with E-state index in [1.54, 1.807) is 0 Å². The van der Waals surface area contributed by atoms with E-state index in [2.05, 4.69) is 60.7 Å². The molecule has 0 aliphatic heterocycles. The Morgan fingerprint density at radius 2 is 0.976 bits per heavy atom. The minimum atomic E-state index is 0.577. The molecule has 0 amide bonds. The predicted molar refractivity (Wildman–Crippen MR) is 166 cm³/mol. The predicted octanol–water partition coefficient (Wildman–Crippen LogP) is 9.59. The number of para-hydroxylation sites is 1. The zero-order chi connectivity index (χ0) is 27.2. The van der Waals surface area contributed by atoms with Crippen LogP contribution < -0.4 is 0 Å². The van der Waals surface area contributed by atoms with Crippen molar-refractivity contribution in [1.82, 2.24) is 15.0 Å². The van der Waals surface area contributed by atoms with E-state index < -0.39 is 0 Å². The third-order valence-electron chi connectivity index (χ3n) is 7.50. The van der Waals surface area contributed by atoms with E-state index in [1.807, 2.05) is 78.9 Å². The summed E-state index contributed by atoms with van der Waals surface area (Å²) in [6, 6.07) is 47.6. The quantitative estimate of drug-likeness (QED) is 0.230. The molecule has 6 aromatic carbocycles. The van der Waals surface area contributed by atoms with Crippen molar-refractivity contribution in [2.45, 2.75) is 0 Å². The fourth-order valence-electron chi connectivity index (χ4n) is 5.47. The molecule has 0 saturated heterocycles. The van der Waals surface area contributed by atoms with E-state index in [4.69, 9.17) is 19.4 Å². The molecule has 8 rings (SSSR count). The molecule has 0 fully saturated rings. The normalized spacial score (nSPS) is 11.4. The first-order chi connectivity index (χ1) is 20.3. The number of fused-ring (bicyclic) bond motifs is 4. The highest BCUT2D eigenvalue weighted by atomic mass is 16.3. The summed E-state index contributed by atoms with van der Waals surface area (Å²) in [5.74, 6) is 1.81. The lowest BCUT2D eigenvalue weighted by Crippen LogP contribution is -2.00. The molecule has 0 radical (unpaired) electrons. The van der Waals surface area contributed by atoms with Crippen LogP contribution in [0.5, 0.6) is 0 Å². The molecule has 0 spiro atoms. The summed E-state index contributed by atoms with van der Waals surface area (Å²) in [6.45, 7) is 0. The lowest BCUT2D eigenvalue weighted by Gasteiger charge is -2.10. The number of rotatable bonds is 4. The van der Waals surface area contributed by atoms with E-state index >= 15 is 0 Å². The van der Waals surface area contributed by atoms with Gasteiger partial charge in [-0.15, -0.1) is 0 Å². The lowest BCUT2D eigenvalue weighted by atomic mass is 10.0. The molecule has 0 aliphatic carbocycles. The Hall–Kier alpha value is -5.61. The largest absolute Gasteiger partial charge is 0.455 e. The van der Waals surface area contributed by atoms with Crippen LogP contribution >= 0.6 is 0 Å². The summed E-state index contributed by atoms with van der Waals surface area (Å²) >= 11 is 0. The Kier molecular flexibility index (Phi) is 5.42. The first-order valence-electron chi connectivity index (χ1n) is 13.6. The van der Waals surface area contributed by atoms with Crippen LogP contribution in [0, 0.1) is 0 Å². The van der Waals surface area contributed by atoms with Crippen molar-refractivity contribution >= 4 is 32.7 Å². The lowest BCUT2D eigenvalue weighted by molar-refractivity contribution is 0.670. The van der Waals surface area contributed by atoms with Gasteiger partial charge in [0.1, 0.15) is 11.2 Å². The molecule has 4 nitrogen and oxygen atoms in total. The van der Waals surface area contributed by atoms with Crippen LogP contribution in [0.25, 0.3) is 78.0 Å². The molecule has 0 atom stereocenters. The molecular formula is C37H23N3O. The molecule has 2 aromatic heterocycles. The zero-order valence-electron chi connectivity index (χ0n) is 22.0. The minimum Gasteiger partial charge on any atom is -0.455 e. The highest BCUT2D eigenvalue weighted by molar-refractivity contribution is 6.12. The minimum absolute atomic E-state index is 0.577. The maximum atomic E-state index is 6.51. The van der Waals surface area contributed by atoms with Crippen molar-refractivity contribution in [3.63, 3.8) is 0 Å². The molecule has 0 bridgehead atoms. The van der Waals surface area contributed by atoms with Gasteiger partial charge in [0, 0.05) is 21.9 Å². The van der Waals surface area contributed by atoms with E-state index in [0.29, 0.717) is 17.5 Å². The second-order valence-electron chi connectivity index (χ2n) is 10.1. The third kappa shape index (κ3) is 4.14. The monoisotopic (exact) mass is 525 g/mol. The number of hydrogen-bond acceptors (Lipinski definition) is 4. The maximum absolute atomic E-state index is 6.51.